The first-order chi connectivity index (χ1) is 19.5. The quantitative estimate of drug-likeness (QED) is 0.216. The second-order valence-corrected chi connectivity index (χ2v) is 9.30. The van der Waals surface area contributed by atoms with E-state index in [0.29, 0.717) is 27.6 Å². The van der Waals surface area contributed by atoms with Crippen molar-refractivity contribution in [2.45, 2.75) is 19.3 Å². The minimum Gasteiger partial charge on any atom is -0.478 e. The summed E-state index contributed by atoms with van der Waals surface area (Å²) < 4.78 is 69.1. The van der Waals surface area contributed by atoms with Crippen LogP contribution >= 0.6 is 0 Å². The molecule has 5 rings (SSSR count). The van der Waals surface area contributed by atoms with Crippen LogP contribution in [0.5, 0.6) is 0 Å². The average Bonchev–Trinajstić information content (AvgIpc) is 3.33. The smallest absolute Gasteiger partial charge is 0.416 e. The van der Waals surface area contributed by atoms with E-state index in [1.54, 1.807) is 18.2 Å². The highest BCUT2D eigenvalue weighted by Gasteiger charge is 2.30. The Morgan fingerprint density at radius 3 is 2.20 bits per heavy atom. The van der Waals surface area contributed by atoms with Crippen LogP contribution in [0.4, 0.5) is 22.0 Å². The first kappa shape index (κ1) is 27.5. The number of rotatable bonds is 7. The van der Waals surface area contributed by atoms with E-state index < -0.39 is 35.3 Å². The number of hydrogen-bond donors (Lipinski definition) is 2. The fourth-order valence-electron chi connectivity index (χ4n) is 4.47. The molecule has 0 atom stereocenters. The normalized spacial score (nSPS) is 11.5. The Labute approximate surface area is 229 Å². The van der Waals surface area contributed by atoms with E-state index in [-0.39, 0.29) is 29.8 Å². The number of fused-ring (bicyclic) bond motifs is 1. The number of benzene rings is 4. The molecule has 0 aliphatic carbocycles. The molecule has 1 aromatic heterocycles. The van der Waals surface area contributed by atoms with Gasteiger partial charge in [0.2, 0.25) is 0 Å². The van der Waals surface area contributed by atoms with Gasteiger partial charge in [-0.3, -0.25) is 9.48 Å². The van der Waals surface area contributed by atoms with E-state index in [4.69, 9.17) is 5.11 Å². The predicted molar refractivity (Wildman–Crippen MR) is 140 cm³/mol. The maximum absolute atomic E-state index is 14.0. The van der Waals surface area contributed by atoms with Crippen LogP contribution in [-0.2, 0) is 19.3 Å². The molecule has 0 bridgehead atoms. The molecule has 2 N–H and O–H groups in total. The maximum Gasteiger partial charge on any atom is 0.416 e. The summed E-state index contributed by atoms with van der Waals surface area (Å²) in [6, 6.07) is 16.6. The van der Waals surface area contributed by atoms with Gasteiger partial charge in [-0.15, -0.1) is 0 Å². The number of carboxylic acid groups (broad SMARTS) is 1. The van der Waals surface area contributed by atoms with Gasteiger partial charge in [0.25, 0.3) is 5.91 Å². The molecule has 0 spiro atoms. The highest BCUT2D eigenvalue weighted by atomic mass is 19.4. The maximum atomic E-state index is 14.0. The van der Waals surface area contributed by atoms with Gasteiger partial charge in [0.15, 0.2) is 0 Å². The zero-order valence-corrected chi connectivity index (χ0v) is 21.0. The minimum absolute atomic E-state index is 0.0286. The van der Waals surface area contributed by atoms with Gasteiger partial charge in [-0.05, 0) is 70.8 Å². The van der Waals surface area contributed by atoms with Gasteiger partial charge in [0, 0.05) is 18.0 Å². The standard InChI is InChI=1S/C30H20F5N3O3/c31-24-10-21(11-25(32)13-24)20-9-22-15-37-38(16-18-2-1-3-23(8-18)30(33,34)35)27(22)26(12-20)28(39)36-14-17-4-6-19(7-5-17)29(40)41/h1-13,15H,14,16H2,(H,36,39)(H,40,41). The number of nitrogens with zero attached hydrogens (tertiary/aromatic N) is 2. The molecule has 0 saturated heterocycles. The van der Waals surface area contributed by atoms with Crippen molar-refractivity contribution >= 4 is 22.8 Å². The average molecular weight is 565 g/mol. The third kappa shape index (κ3) is 6.08. The Bertz CT molecular complexity index is 1760. The van der Waals surface area contributed by atoms with Crippen LogP contribution in [0.3, 0.4) is 0 Å². The van der Waals surface area contributed by atoms with Crippen LogP contribution in [0.2, 0.25) is 0 Å². The summed E-state index contributed by atoms with van der Waals surface area (Å²) in [6.07, 6.45) is -3.12. The van der Waals surface area contributed by atoms with Crippen molar-refractivity contribution in [2.24, 2.45) is 0 Å². The zero-order chi connectivity index (χ0) is 29.3. The Morgan fingerprint density at radius 1 is 0.854 bits per heavy atom. The summed E-state index contributed by atoms with van der Waals surface area (Å²) >= 11 is 0. The van der Waals surface area contributed by atoms with Gasteiger partial charge in [-0.1, -0.05) is 24.3 Å². The number of carbonyl (C=O) groups excluding carboxylic acids is 1. The van der Waals surface area contributed by atoms with Crippen molar-refractivity contribution < 1.29 is 36.6 Å². The number of carbonyl (C=O) groups is 2. The van der Waals surface area contributed by atoms with Crippen LogP contribution in [0.15, 0.2) is 85.1 Å². The second-order valence-electron chi connectivity index (χ2n) is 9.30. The van der Waals surface area contributed by atoms with Gasteiger partial charge >= 0.3 is 12.1 Å². The number of aromatic nitrogens is 2. The van der Waals surface area contributed by atoms with Crippen LogP contribution in [0.25, 0.3) is 22.0 Å². The first-order valence-electron chi connectivity index (χ1n) is 12.2. The molecule has 0 fully saturated rings. The summed E-state index contributed by atoms with van der Waals surface area (Å²) in [7, 11) is 0. The van der Waals surface area contributed by atoms with Crippen LogP contribution in [-0.4, -0.2) is 26.8 Å². The van der Waals surface area contributed by atoms with E-state index in [0.717, 1.165) is 30.3 Å². The molecular weight excluding hydrogens is 545 g/mol. The van der Waals surface area contributed by atoms with Crippen molar-refractivity contribution in [3.05, 3.63) is 125 Å². The first-order valence-corrected chi connectivity index (χ1v) is 12.2. The summed E-state index contributed by atoms with van der Waals surface area (Å²) in [4.78, 5) is 24.6. The van der Waals surface area contributed by atoms with Gasteiger partial charge in [0.1, 0.15) is 11.6 Å². The summed E-state index contributed by atoms with van der Waals surface area (Å²) in [6.45, 7) is -0.0564. The third-order valence-electron chi connectivity index (χ3n) is 6.41. The Morgan fingerprint density at radius 2 is 1.54 bits per heavy atom. The molecule has 0 radical (unpaired) electrons. The van der Waals surface area contributed by atoms with Crippen molar-refractivity contribution in [1.82, 2.24) is 15.1 Å². The fraction of sp³-hybridized carbons (Fsp3) is 0.100. The van der Waals surface area contributed by atoms with Crippen molar-refractivity contribution in [3.63, 3.8) is 0 Å². The molecule has 6 nitrogen and oxygen atoms in total. The molecule has 1 heterocycles. The lowest BCUT2D eigenvalue weighted by Gasteiger charge is -2.13. The predicted octanol–water partition coefficient (Wildman–Crippen LogP) is 6.68. The molecule has 0 saturated carbocycles. The van der Waals surface area contributed by atoms with Gasteiger partial charge in [-0.25, -0.2) is 13.6 Å². The Kier molecular flexibility index (Phi) is 7.27. The molecule has 0 aliphatic heterocycles. The van der Waals surface area contributed by atoms with E-state index in [2.05, 4.69) is 10.4 Å². The van der Waals surface area contributed by atoms with Gasteiger partial charge in [0.05, 0.1) is 34.9 Å². The number of hydrogen-bond acceptors (Lipinski definition) is 3. The van der Waals surface area contributed by atoms with E-state index in [1.165, 1.54) is 41.2 Å². The largest absolute Gasteiger partial charge is 0.478 e. The number of halogens is 5. The van der Waals surface area contributed by atoms with E-state index in [1.807, 2.05) is 0 Å². The fourth-order valence-corrected chi connectivity index (χ4v) is 4.47. The van der Waals surface area contributed by atoms with Gasteiger partial charge in [-0.2, -0.15) is 18.3 Å². The Hall–Kier alpha value is -5.06. The van der Waals surface area contributed by atoms with Crippen molar-refractivity contribution in [3.8, 4) is 11.1 Å². The van der Waals surface area contributed by atoms with E-state index >= 15 is 0 Å². The summed E-state index contributed by atoms with van der Waals surface area (Å²) in [5.74, 6) is -3.29. The van der Waals surface area contributed by atoms with Crippen molar-refractivity contribution in [1.29, 1.82) is 0 Å². The molecule has 208 valence electrons. The molecule has 4 aromatic carbocycles. The summed E-state index contributed by atoms with van der Waals surface area (Å²) in [5.41, 5.74) is 1.05. The van der Waals surface area contributed by atoms with Crippen LogP contribution < -0.4 is 5.32 Å². The molecule has 41 heavy (non-hydrogen) atoms. The lowest BCUT2D eigenvalue weighted by Crippen LogP contribution is -2.24. The molecule has 0 unspecified atom stereocenters. The molecule has 1 amide bonds. The van der Waals surface area contributed by atoms with Gasteiger partial charge < -0.3 is 10.4 Å². The zero-order valence-electron chi connectivity index (χ0n) is 21.0. The van der Waals surface area contributed by atoms with Crippen molar-refractivity contribution in [2.75, 3.05) is 0 Å². The molecular formula is C30H20F5N3O3. The van der Waals surface area contributed by atoms with E-state index in [9.17, 15) is 31.5 Å². The molecule has 0 aliphatic rings. The minimum atomic E-state index is -4.54. The number of aromatic carboxylic acids is 1. The highest BCUT2D eigenvalue weighted by Crippen LogP contribution is 2.32. The lowest BCUT2D eigenvalue weighted by molar-refractivity contribution is -0.137. The highest BCUT2D eigenvalue weighted by molar-refractivity contribution is 6.07. The van der Waals surface area contributed by atoms with Crippen LogP contribution in [0, 0.1) is 11.6 Å². The third-order valence-corrected chi connectivity index (χ3v) is 6.41. The molecule has 11 heteroatoms. The van der Waals surface area contributed by atoms with Crippen LogP contribution in [0.1, 0.15) is 37.4 Å². The number of nitrogens with one attached hydrogen (secondary N) is 1. The summed E-state index contributed by atoms with van der Waals surface area (Å²) in [5, 5.41) is 16.5. The molecule has 5 aromatic rings. The number of amides is 1. The second kappa shape index (κ2) is 10.8. The Balaban J connectivity index is 1.54. The topological polar surface area (TPSA) is 84.2 Å². The lowest BCUT2D eigenvalue weighted by atomic mass is 9.99. The number of carboxylic acids is 1. The monoisotopic (exact) mass is 565 g/mol. The SMILES string of the molecule is O=C(O)c1ccc(CNC(=O)c2cc(-c3cc(F)cc(F)c3)cc3cnn(Cc4cccc(C(F)(F)F)c4)c23)cc1. The number of alkyl halides is 3.